The molecule has 0 aromatic carbocycles. The highest BCUT2D eigenvalue weighted by molar-refractivity contribution is 6.05. The average Bonchev–Trinajstić information content (AvgIpc) is 2.21. The smallest absolute Gasteiger partial charge is 0.148 e. The summed E-state index contributed by atoms with van der Waals surface area (Å²) in [5.41, 5.74) is -0.428. The first-order valence-corrected chi connectivity index (χ1v) is 6.69. The van der Waals surface area contributed by atoms with Crippen molar-refractivity contribution < 1.29 is 9.59 Å². The molecule has 17 heavy (non-hydrogen) atoms. The minimum absolute atomic E-state index is 0.00921. The van der Waals surface area contributed by atoms with E-state index < -0.39 is 11.3 Å². The van der Waals surface area contributed by atoms with Gasteiger partial charge in [-0.1, -0.05) is 48.5 Å². The summed E-state index contributed by atoms with van der Waals surface area (Å²) in [4.78, 5) is 24.6. The molecule has 0 spiro atoms. The van der Waals surface area contributed by atoms with E-state index in [0.717, 1.165) is 6.42 Å². The summed E-state index contributed by atoms with van der Waals surface area (Å²) in [6.07, 6.45) is 1.49. The highest BCUT2D eigenvalue weighted by Crippen LogP contribution is 2.27. The van der Waals surface area contributed by atoms with Gasteiger partial charge in [0.05, 0.1) is 5.92 Å². The standard InChI is InChI=1S/C15H28O2/c1-8-11(4)13(16)12(9-10(2)3)14(17)15(5,6)7/h10-12H,8-9H2,1-7H3. The molecule has 0 aliphatic rings. The number of rotatable bonds is 6. The Labute approximate surface area is 106 Å². The van der Waals surface area contributed by atoms with Gasteiger partial charge in [0.2, 0.25) is 0 Å². The molecule has 0 radical (unpaired) electrons. The van der Waals surface area contributed by atoms with Crippen molar-refractivity contribution in [1.82, 2.24) is 0 Å². The van der Waals surface area contributed by atoms with Crippen LogP contribution in [0.2, 0.25) is 0 Å². The fraction of sp³-hybridized carbons (Fsp3) is 0.867. The monoisotopic (exact) mass is 240 g/mol. The summed E-state index contributed by atoms with van der Waals surface area (Å²) in [5.74, 6) is 0.173. The third-order valence-electron chi connectivity index (χ3n) is 3.20. The van der Waals surface area contributed by atoms with E-state index in [0.29, 0.717) is 12.3 Å². The van der Waals surface area contributed by atoms with E-state index in [9.17, 15) is 9.59 Å². The largest absolute Gasteiger partial charge is 0.299 e. The highest BCUT2D eigenvalue weighted by Gasteiger charge is 2.36. The Kier molecular flexibility index (Phi) is 6.08. The second-order valence-corrected chi connectivity index (χ2v) is 6.51. The van der Waals surface area contributed by atoms with Crippen LogP contribution in [0, 0.1) is 23.2 Å². The van der Waals surface area contributed by atoms with Crippen molar-refractivity contribution in [1.29, 1.82) is 0 Å². The van der Waals surface area contributed by atoms with E-state index in [1.807, 2.05) is 34.6 Å². The first kappa shape index (κ1) is 16.3. The van der Waals surface area contributed by atoms with Crippen LogP contribution in [0.1, 0.15) is 61.3 Å². The molecule has 0 amide bonds. The number of carbonyl (C=O) groups is 2. The van der Waals surface area contributed by atoms with Crippen LogP contribution >= 0.6 is 0 Å². The number of hydrogen-bond acceptors (Lipinski definition) is 2. The molecule has 0 aromatic heterocycles. The Balaban J connectivity index is 5.01. The van der Waals surface area contributed by atoms with Crippen LogP contribution < -0.4 is 0 Å². The lowest BCUT2D eigenvalue weighted by atomic mass is 9.75. The molecule has 0 aliphatic heterocycles. The molecular formula is C15H28O2. The molecule has 0 saturated carbocycles. The van der Waals surface area contributed by atoms with Crippen molar-refractivity contribution >= 4 is 11.6 Å². The van der Waals surface area contributed by atoms with Crippen LogP contribution in [0.4, 0.5) is 0 Å². The maximum atomic E-state index is 12.3. The van der Waals surface area contributed by atoms with Gasteiger partial charge < -0.3 is 0 Å². The first-order valence-electron chi connectivity index (χ1n) is 6.69. The summed E-state index contributed by atoms with van der Waals surface area (Å²) in [7, 11) is 0. The van der Waals surface area contributed by atoms with Gasteiger partial charge in [-0.25, -0.2) is 0 Å². The normalized spacial score (nSPS) is 15.8. The molecule has 0 aromatic rings. The van der Waals surface area contributed by atoms with Crippen molar-refractivity contribution in [2.75, 3.05) is 0 Å². The van der Waals surface area contributed by atoms with E-state index >= 15 is 0 Å². The van der Waals surface area contributed by atoms with Crippen LogP contribution in [-0.2, 0) is 9.59 Å². The average molecular weight is 240 g/mol. The molecule has 2 heteroatoms. The van der Waals surface area contributed by atoms with Crippen LogP contribution in [-0.4, -0.2) is 11.6 Å². The second-order valence-electron chi connectivity index (χ2n) is 6.51. The lowest BCUT2D eigenvalue weighted by molar-refractivity contribution is -0.140. The minimum atomic E-state index is -0.428. The van der Waals surface area contributed by atoms with Gasteiger partial charge in [0.1, 0.15) is 11.6 Å². The van der Waals surface area contributed by atoms with Crippen molar-refractivity contribution in [2.45, 2.75) is 61.3 Å². The number of ketones is 2. The summed E-state index contributed by atoms with van der Waals surface area (Å²) >= 11 is 0. The summed E-state index contributed by atoms with van der Waals surface area (Å²) in [5, 5.41) is 0. The molecular weight excluding hydrogens is 212 g/mol. The van der Waals surface area contributed by atoms with Gasteiger partial charge in [0.25, 0.3) is 0 Å². The van der Waals surface area contributed by atoms with Crippen LogP contribution in [0.5, 0.6) is 0 Å². The number of hydrogen-bond donors (Lipinski definition) is 0. The van der Waals surface area contributed by atoms with Gasteiger partial charge in [-0.05, 0) is 18.8 Å². The van der Waals surface area contributed by atoms with E-state index in [1.165, 1.54) is 0 Å². The van der Waals surface area contributed by atoms with Crippen LogP contribution in [0.25, 0.3) is 0 Å². The Bertz CT molecular complexity index is 271. The summed E-state index contributed by atoms with van der Waals surface area (Å²) in [6.45, 7) is 13.7. The Morgan fingerprint density at radius 3 is 1.82 bits per heavy atom. The first-order chi connectivity index (χ1) is 7.61. The molecule has 0 saturated heterocycles. The van der Waals surface area contributed by atoms with Crippen LogP contribution in [0.15, 0.2) is 0 Å². The molecule has 0 N–H and O–H groups in total. The van der Waals surface area contributed by atoms with E-state index in [4.69, 9.17) is 0 Å². The van der Waals surface area contributed by atoms with Gasteiger partial charge in [0, 0.05) is 11.3 Å². The maximum absolute atomic E-state index is 12.3. The molecule has 0 fully saturated rings. The quantitative estimate of drug-likeness (QED) is 0.660. The minimum Gasteiger partial charge on any atom is -0.299 e. The Hall–Kier alpha value is -0.660. The molecule has 0 heterocycles. The molecule has 2 atom stereocenters. The third kappa shape index (κ3) is 5.01. The predicted molar refractivity (Wildman–Crippen MR) is 71.9 cm³/mol. The SMILES string of the molecule is CCC(C)C(=O)C(CC(C)C)C(=O)C(C)(C)C. The molecule has 2 nitrogen and oxygen atoms in total. The molecule has 0 rings (SSSR count). The zero-order chi connectivity index (χ0) is 13.8. The van der Waals surface area contributed by atoms with Gasteiger partial charge in [-0.3, -0.25) is 9.59 Å². The zero-order valence-electron chi connectivity index (χ0n) is 12.5. The Morgan fingerprint density at radius 2 is 1.53 bits per heavy atom. The van der Waals surface area contributed by atoms with Gasteiger partial charge in [-0.2, -0.15) is 0 Å². The van der Waals surface area contributed by atoms with E-state index in [1.54, 1.807) is 0 Å². The third-order valence-corrected chi connectivity index (χ3v) is 3.20. The number of Topliss-reactive ketones (excluding diaryl/α,β-unsaturated/α-hetero) is 2. The highest BCUT2D eigenvalue weighted by atomic mass is 16.2. The van der Waals surface area contributed by atoms with Gasteiger partial charge >= 0.3 is 0 Å². The summed E-state index contributed by atoms with van der Waals surface area (Å²) in [6, 6.07) is 0. The topological polar surface area (TPSA) is 34.1 Å². The predicted octanol–water partition coefficient (Wildman–Crippen LogP) is 3.88. The molecule has 2 unspecified atom stereocenters. The summed E-state index contributed by atoms with van der Waals surface area (Å²) < 4.78 is 0. The van der Waals surface area contributed by atoms with Crippen LogP contribution in [0.3, 0.4) is 0 Å². The maximum Gasteiger partial charge on any atom is 0.148 e. The van der Waals surface area contributed by atoms with Crippen molar-refractivity contribution in [3.05, 3.63) is 0 Å². The Morgan fingerprint density at radius 1 is 1.06 bits per heavy atom. The lowest BCUT2D eigenvalue weighted by Gasteiger charge is -2.26. The molecule has 0 aliphatic carbocycles. The van der Waals surface area contributed by atoms with Crippen molar-refractivity contribution in [2.24, 2.45) is 23.2 Å². The molecule has 0 bridgehead atoms. The number of carbonyl (C=O) groups excluding carboxylic acids is 2. The fourth-order valence-electron chi connectivity index (χ4n) is 1.89. The van der Waals surface area contributed by atoms with E-state index in [2.05, 4.69) is 13.8 Å². The van der Waals surface area contributed by atoms with Gasteiger partial charge in [0.15, 0.2) is 0 Å². The van der Waals surface area contributed by atoms with Crippen molar-refractivity contribution in [3.63, 3.8) is 0 Å². The van der Waals surface area contributed by atoms with Gasteiger partial charge in [-0.15, -0.1) is 0 Å². The molecule has 100 valence electrons. The lowest BCUT2D eigenvalue weighted by Crippen LogP contribution is -2.36. The zero-order valence-corrected chi connectivity index (χ0v) is 12.5. The van der Waals surface area contributed by atoms with Crippen molar-refractivity contribution in [3.8, 4) is 0 Å². The second kappa shape index (κ2) is 6.32. The van der Waals surface area contributed by atoms with E-state index in [-0.39, 0.29) is 17.5 Å². The fourth-order valence-corrected chi connectivity index (χ4v) is 1.89.